The van der Waals surface area contributed by atoms with Gasteiger partial charge in [-0.25, -0.2) is 0 Å². The van der Waals surface area contributed by atoms with E-state index in [-0.39, 0.29) is 11.9 Å². The van der Waals surface area contributed by atoms with Crippen molar-refractivity contribution in [2.24, 2.45) is 0 Å². The van der Waals surface area contributed by atoms with Gasteiger partial charge in [-0.15, -0.1) is 0 Å². The van der Waals surface area contributed by atoms with E-state index in [1.54, 1.807) is 13.3 Å². The number of hydrogen-bond donors (Lipinski definition) is 0. The molecule has 0 saturated heterocycles. The minimum absolute atomic E-state index is 0.0117. The van der Waals surface area contributed by atoms with Gasteiger partial charge in [-0.1, -0.05) is 24.3 Å². The number of pyridine rings is 1. The summed E-state index contributed by atoms with van der Waals surface area (Å²) in [5.41, 5.74) is 4.06. The summed E-state index contributed by atoms with van der Waals surface area (Å²) in [4.78, 5) is 19.2. The van der Waals surface area contributed by atoms with Crippen molar-refractivity contribution in [1.82, 2.24) is 9.88 Å². The van der Waals surface area contributed by atoms with Crippen LogP contribution in [0.15, 0.2) is 67.0 Å². The average Bonchev–Trinajstić information content (AvgIpc) is 2.93. The van der Waals surface area contributed by atoms with Crippen LogP contribution in [0.1, 0.15) is 18.1 Å². The second-order valence-corrected chi connectivity index (χ2v) is 7.27. The molecule has 5 nitrogen and oxygen atoms in total. The molecule has 1 aromatic heterocycles. The Morgan fingerprint density at radius 3 is 2.86 bits per heavy atom. The lowest BCUT2D eigenvalue weighted by Gasteiger charge is -2.26. The molecular formula is C24H24N2O3. The molecule has 1 amide bonds. The summed E-state index contributed by atoms with van der Waals surface area (Å²) in [6, 6.07) is 17.7. The third-order valence-corrected chi connectivity index (χ3v) is 5.22. The maximum Gasteiger partial charge on any atom is 0.227 e. The summed E-state index contributed by atoms with van der Waals surface area (Å²) in [5.74, 6) is 1.67. The SMILES string of the molecule is COc1cccc(CC(=O)N2Cc3cc(-c4cccnc4)ccc3OC[C@@H]2C)c1. The van der Waals surface area contributed by atoms with Crippen LogP contribution >= 0.6 is 0 Å². The van der Waals surface area contributed by atoms with Crippen LogP contribution in [0.3, 0.4) is 0 Å². The van der Waals surface area contributed by atoms with E-state index in [4.69, 9.17) is 9.47 Å². The van der Waals surface area contributed by atoms with Gasteiger partial charge in [0, 0.05) is 30.1 Å². The van der Waals surface area contributed by atoms with Crippen LogP contribution in [0.25, 0.3) is 11.1 Å². The molecule has 0 bridgehead atoms. The Balaban J connectivity index is 1.58. The van der Waals surface area contributed by atoms with Gasteiger partial charge in [0.05, 0.1) is 19.6 Å². The van der Waals surface area contributed by atoms with Crippen molar-refractivity contribution < 1.29 is 14.3 Å². The van der Waals surface area contributed by atoms with E-state index in [0.29, 0.717) is 19.6 Å². The molecule has 0 spiro atoms. The fourth-order valence-electron chi connectivity index (χ4n) is 3.59. The van der Waals surface area contributed by atoms with E-state index in [0.717, 1.165) is 33.8 Å². The highest BCUT2D eigenvalue weighted by molar-refractivity contribution is 5.79. The first-order valence-corrected chi connectivity index (χ1v) is 9.72. The lowest BCUT2D eigenvalue weighted by molar-refractivity contribution is -0.133. The van der Waals surface area contributed by atoms with Gasteiger partial charge in [0.2, 0.25) is 5.91 Å². The molecule has 0 unspecified atom stereocenters. The normalized spacial score (nSPS) is 15.8. The Labute approximate surface area is 170 Å². The number of methoxy groups -OCH3 is 1. The topological polar surface area (TPSA) is 51.7 Å². The van der Waals surface area contributed by atoms with Gasteiger partial charge in [-0.2, -0.15) is 0 Å². The molecule has 1 atom stereocenters. The van der Waals surface area contributed by atoms with Gasteiger partial charge in [-0.05, 0) is 48.4 Å². The molecule has 0 saturated carbocycles. The predicted octanol–water partition coefficient (Wildman–Crippen LogP) is 4.11. The maximum atomic E-state index is 13.1. The highest BCUT2D eigenvalue weighted by Gasteiger charge is 2.26. The summed E-state index contributed by atoms with van der Waals surface area (Å²) in [5, 5.41) is 0. The minimum atomic E-state index is -0.0117. The zero-order valence-electron chi connectivity index (χ0n) is 16.7. The molecular weight excluding hydrogens is 364 g/mol. The molecule has 0 aliphatic carbocycles. The van der Waals surface area contributed by atoms with Gasteiger partial charge in [0.1, 0.15) is 18.1 Å². The van der Waals surface area contributed by atoms with Gasteiger partial charge in [0.15, 0.2) is 0 Å². The summed E-state index contributed by atoms with van der Waals surface area (Å²) in [6.07, 6.45) is 3.93. The number of fused-ring (bicyclic) bond motifs is 1. The third-order valence-electron chi connectivity index (χ3n) is 5.22. The van der Waals surface area contributed by atoms with Gasteiger partial charge >= 0.3 is 0 Å². The molecule has 0 fully saturated rings. The number of rotatable bonds is 4. The number of carbonyl (C=O) groups is 1. The Kier molecular flexibility index (Phi) is 5.47. The van der Waals surface area contributed by atoms with E-state index < -0.39 is 0 Å². The van der Waals surface area contributed by atoms with Crippen LogP contribution in [-0.4, -0.2) is 35.5 Å². The molecule has 0 N–H and O–H groups in total. The van der Waals surface area contributed by atoms with Crippen molar-refractivity contribution in [1.29, 1.82) is 0 Å². The number of hydrogen-bond acceptors (Lipinski definition) is 4. The van der Waals surface area contributed by atoms with Gasteiger partial charge in [0.25, 0.3) is 0 Å². The summed E-state index contributed by atoms with van der Waals surface area (Å²) in [6.45, 7) is 3.02. The first kappa shape index (κ1) is 19.0. The largest absolute Gasteiger partial charge is 0.497 e. The number of carbonyl (C=O) groups excluding carboxylic acids is 1. The molecule has 3 aromatic rings. The Hall–Kier alpha value is -3.34. The maximum absolute atomic E-state index is 13.1. The van der Waals surface area contributed by atoms with Crippen LogP contribution in [0.4, 0.5) is 0 Å². The second kappa shape index (κ2) is 8.35. The zero-order chi connectivity index (χ0) is 20.2. The van der Waals surface area contributed by atoms with E-state index in [1.807, 2.05) is 66.6 Å². The lowest BCUT2D eigenvalue weighted by Crippen LogP contribution is -2.40. The smallest absolute Gasteiger partial charge is 0.227 e. The number of amides is 1. The molecule has 148 valence electrons. The monoisotopic (exact) mass is 388 g/mol. The fourth-order valence-corrected chi connectivity index (χ4v) is 3.59. The second-order valence-electron chi connectivity index (χ2n) is 7.27. The summed E-state index contributed by atoms with van der Waals surface area (Å²) < 4.78 is 11.3. The van der Waals surface area contributed by atoms with E-state index in [9.17, 15) is 4.79 Å². The van der Waals surface area contributed by atoms with Crippen LogP contribution in [0.2, 0.25) is 0 Å². The van der Waals surface area contributed by atoms with Crippen molar-refractivity contribution >= 4 is 5.91 Å². The van der Waals surface area contributed by atoms with Crippen molar-refractivity contribution in [3.8, 4) is 22.6 Å². The van der Waals surface area contributed by atoms with Crippen molar-refractivity contribution in [2.45, 2.75) is 25.9 Å². The van der Waals surface area contributed by atoms with Crippen LogP contribution in [0, 0.1) is 0 Å². The molecule has 0 radical (unpaired) electrons. The zero-order valence-corrected chi connectivity index (χ0v) is 16.7. The molecule has 4 rings (SSSR count). The molecule has 1 aliphatic rings. The van der Waals surface area contributed by atoms with Crippen molar-refractivity contribution in [3.63, 3.8) is 0 Å². The number of aromatic nitrogens is 1. The first-order valence-electron chi connectivity index (χ1n) is 9.72. The minimum Gasteiger partial charge on any atom is -0.497 e. The average molecular weight is 388 g/mol. The van der Waals surface area contributed by atoms with Gasteiger partial charge in [-0.3, -0.25) is 9.78 Å². The highest BCUT2D eigenvalue weighted by Crippen LogP contribution is 2.30. The van der Waals surface area contributed by atoms with Crippen molar-refractivity contribution in [2.75, 3.05) is 13.7 Å². The number of nitrogens with zero attached hydrogens (tertiary/aromatic N) is 2. The summed E-state index contributed by atoms with van der Waals surface area (Å²) >= 11 is 0. The van der Waals surface area contributed by atoms with Crippen LogP contribution in [0.5, 0.6) is 11.5 Å². The number of ether oxygens (including phenoxy) is 2. The van der Waals surface area contributed by atoms with E-state index in [1.165, 1.54) is 0 Å². The lowest BCUT2D eigenvalue weighted by atomic mass is 10.0. The standard InChI is InChI=1S/C24H24N2O3/c1-17-16-29-23-9-8-19(20-6-4-10-25-14-20)13-21(23)15-26(17)24(27)12-18-5-3-7-22(11-18)28-2/h3-11,13-14,17H,12,15-16H2,1-2H3/t17-/m0/s1. The van der Waals surface area contributed by atoms with Gasteiger partial charge < -0.3 is 14.4 Å². The Bertz CT molecular complexity index is 1000. The number of benzene rings is 2. The van der Waals surface area contributed by atoms with E-state index >= 15 is 0 Å². The molecule has 1 aliphatic heterocycles. The fraction of sp³-hybridized carbons (Fsp3) is 0.250. The predicted molar refractivity (Wildman–Crippen MR) is 112 cm³/mol. The molecule has 2 aromatic carbocycles. The first-order chi connectivity index (χ1) is 14.1. The molecule has 29 heavy (non-hydrogen) atoms. The third kappa shape index (κ3) is 4.24. The van der Waals surface area contributed by atoms with E-state index in [2.05, 4.69) is 11.1 Å². The Morgan fingerprint density at radius 2 is 2.07 bits per heavy atom. The Morgan fingerprint density at radius 1 is 1.17 bits per heavy atom. The van der Waals surface area contributed by atoms with Crippen molar-refractivity contribution in [3.05, 3.63) is 78.1 Å². The summed E-state index contributed by atoms with van der Waals surface area (Å²) in [7, 11) is 1.63. The quantitative estimate of drug-likeness (QED) is 0.675. The van der Waals surface area contributed by atoms with Crippen LogP contribution in [-0.2, 0) is 17.8 Å². The molecule has 5 heteroatoms. The highest BCUT2D eigenvalue weighted by atomic mass is 16.5. The molecule has 2 heterocycles. The van der Waals surface area contributed by atoms with Crippen LogP contribution < -0.4 is 9.47 Å².